The summed E-state index contributed by atoms with van der Waals surface area (Å²) in [7, 11) is -0.578. The Kier molecular flexibility index (Phi) is 10.0. The molecule has 1 aliphatic rings. The smallest absolute Gasteiger partial charge is 0.323 e. The van der Waals surface area contributed by atoms with Crippen LogP contribution in [-0.2, 0) is 23.0 Å². The van der Waals surface area contributed by atoms with Gasteiger partial charge >= 0.3 is 6.03 Å². The van der Waals surface area contributed by atoms with Gasteiger partial charge in [0.25, 0.3) is 11.8 Å². The molecule has 0 atom stereocenters. The zero-order valence-electron chi connectivity index (χ0n) is 22.7. The minimum Gasteiger partial charge on any atom is -0.331 e. The van der Waals surface area contributed by atoms with E-state index < -0.39 is 27.9 Å². The van der Waals surface area contributed by atoms with Gasteiger partial charge < -0.3 is 10.2 Å². The van der Waals surface area contributed by atoms with Gasteiger partial charge in [0.15, 0.2) is 0 Å². The van der Waals surface area contributed by atoms with E-state index in [0.29, 0.717) is 49.5 Å². The fourth-order valence-corrected chi connectivity index (χ4v) is 7.19. The summed E-state index contributed by atoms with van der Waals surface area (Å²) in [5.74, 6) is -1.03. The zero-order valence-corrected chi connectivity index (χ0v) is 24.3. The molecule has 0 fully saturated rings. The first kappa shape index (κ1) is 29.8. The molecule has 0 radical (unpaired) electrons. The van der Waals surface area contributed by atoms with Gasteiger partial charge in [-0.05, 0) is 55.6 Å². The van der Waals surface area contributed by atoms with Gasteiger partial charge in [0.1, 0.15) is 5.00 Å². The van der Waals surface area contributed by atoms with Crippen molar-refractivity contribution in [3.63, 3.8) is 0 Å². The van der Waals surface area contributed by atoms with Crippen molar-refractivity contribution in [3.8, 4) is 0 Å². The van der Waals surface area contributed by atoms with E-state index in [1.807, 2.05) is 13.8 Å². The molecular weight excluding hydrogens is 526 g/mol. The molecule has 2 heterocycles. The Morgan fingerprint density at radius 3 is 2.18 bits per heavy atom. The van der Waals surface area contributed by atoms with E-state index in [2.05, 4.69) is 22.5 Å². The fraction of sp³-hybridized carbons (Fsp3) is 0.500. The first-order chi connectivity index (χ1) is 18.0. The van der Waals surface area contributed by atoms with Crippen LogP contribution in [0, 0.1) is 0 Å². The first-order valence-corrected chi connectivity index (χ1v) is 15.1. The van der Waals surface area contributed by atoms with Gasteiger partial charge in [-0.1, -0.05) is 20.8 Å². The van der Waals surface area contributed by atoms with Crippen LogP contribution < -0.4 is 10.6 Å². The Labute approximate surface area is 229 Å². The molecule has 4 amide bonds. The molecule has 2 N–H and O–H groups in total. The second-order valence-electron chi connectivity index (χ2n) is 9.36. The van der Waals surface area contributed by atoms with Crippen molar-refractivity contribution in [2.24, 2.45) is 0 Å². The summed E-state index contributed by atoms with van der Waals surface area (Å²) >= 11 is 1.33. The highest BCUT2D eigenvalue weighted by Gasteiger charge is 2.30. The van der Waals surface area contributed by atoms with Crippen LogP contribution in [0.5, 0.6) is 0 Å². The van der Waals surface area contributed by atoms with Crippen LogP contribution in [0.1, 0.15) is 64.8 Å². The van der Waals surface area contributed by atoms with E-state index in [1.54, 1.807) is 14.1 Å². The Morgan fingerprint density at radius 2 is 1.63 bits per heavy atom. The number of hydrogen-bond acceptors (Lipinski definition) is 7. The predicted molar refractivity (Wildman–Crippen MR) is 149 cm³/mol. The lowest BCUT2D eigenvalue weighted by Crippen LogP contribution is -2.39. The summed E-state index contributed by atoms with van der Waals surface area (Å²) < 4.78 is 27.6. The highest BCUT2D eigenvalue weighted by atomic mass is 32.2. The molecule has 10 nitrogen and oxygen atoms in total. The number of anilines is 1. The fourth-order valence-electron chi connectivity index (χ4n) is 4.28. The number of hydrogen-bond donors (Lipinski definition) is 2. The number of imide groups is 1. The molecule has 1 aliphatic heterocycles. The van der Waals surface area contributed by atoms with Crippen molar-refractivity contribution in [1.82, 2.24) is 19.4 Å². The van der Waals surface area contributed by atoms with Crippen molar-refractivity contribution in [2.75, 3.05) is 45.6 Å². The maximum absolute atomic E-state index is 13.2. The molecule has 1 aromatic heterocycles. The average Bonchev–Trinajstić information content (AvgIpc) is 3.25. The highest BCUT2D eigenvalue weighted by Crippen LogP contribution is 2.37. The minimum atomic E-state index is -3.66. The first-order valence-electron chi connectivity index (χ1n) is 12.8. The second kappa shape index (κ2) is 12.8. The largest absolute Gasteiger partial charge is 0.331 e. The van der Waals surface area contributed by atoms with Crippen molar-refractivity contribution in [2.45, 2.75) is 51.5 Å². The van der Waals surface area contributed by atoms with Gasteiger partial charge in [-0.2, -0.15) is 4.31 Å². The molecule has 0 spiro atoms. The highest BCUT2D eigenvalue weighted by molar-refractivity contribution is 7.89. The summed E-state index contributed by atoms with van der Waals surface area (Å²) in [4.78, 5) is 43.1. The van der Waals surface area contributed by atoms with Crippen molar-refractivity contribution < 1.29 is 22.8 Å². The summed E-state index contributed by atoms with van der Waals surface area (Å²) in [6.45, 7) is 9.08. The van der Waals surface area contributed by atoms with Gasteiger partial charge in [-0.15, -0.1) is 11.3 Å². The normalized spacial score (nSPS) is 13.7. The van der Waals surface area contributed by atoms with Gasteiger partial charge in [-0.3, -0.25) is 19.8 Å². The lowest BCUT2D eigenvalue weighted by molar-refractivity contribution is 0.0956. The summed E-state index contributed by atoms with van der Waals surface area (Å²) in [5, 5.41) is 5.59. The predicted octanol–water partition coefficient (Wildman–Crippen LogP) is 3.60. The molecule has 1 aromatic carbocycles. The standard InChI is InChI=1S/C26H37N5O5S2/c1-6-14-31(15-7-2)38(35,36)19-11-9-18(10-12-19)23(32)27-25-22(24(33)28-26(34)29(4)5)20-13-16-30(8-3)17-21(20)37-25/h9-12H,6-8,13-17H2,1-5H3,(H,27,32)(H,28,33,34). The van der Waals surface area contributed by atoms with Gasteiger partial charge in [0.05, 0.1) is 10.5 Å². The number of rotatable bonds is 10. The van der Waals surface area contributed by atoms with Crippen molar-refractivity contribution in [1.29, 1.82) is 0 Å². The topological polar surface area (TPSA) is 119 Å². The molecule has 12 heteroatoms. The average molecular weight is 564 g/mol. The number of benzene rings is 1. The van der Waals surface area contributed by atoms with Crippen LogP contribution in [0.15, 0.2) is 29.2 Å². The van der Waals surface area contributed by atoms with Crippen LogP contribution in [0.3, 0.4) is 0 Å². The maximum Gasteiger partial charge on any atom is 0.323 e. The van der Waals surface area contributed by atoms with Crippen LogP contribution in [-0.4, -0.2) is 80.6 Å². The van der Waals surface area contributed by atoms with E-state index >= 15 is 0 Å². The summed E-state index contributed by atoms with van der Waals surface area (Å²) in [6, 6.07) is 5.27. The number of fused-ring (bicyclic) bond motifs is 1. The number of sulfonamides is 1. The molecule has 3 rings (SSSR count). The Balaban J connectivity index is 1.88. The monoisotopic (exact) mass is 563 g/mol. The molecule has 38 heavy (non-hydrogen) atoms. The number of likely N-dealkylation sites (N-methyl/N-ethyl adjacent to an activating group) is 1. The SMILES string of the molecule is CCCN(CCC)S(=O)(=O)c1ccc(C(=O)Nc2sc3c(c2C(=O)NC(=O)N(C)C)CCN(CC)C3)cc1. The molecule has 2 aromatic rings. The van der Waals surface area contributed by atoms with Crippen LogP contribution in [0.4, 0.5) is 9.80 Å². The van der Waals surface area contributed by atoms with Crippen molar-refractivity contribution in [3.05, 3.63) is 45.8 Å². The molecule has 0 saturated carbocycles. The van der Waals surface area contributed by atoms with E-state index in [1.165, 1.54) is 44.8 Å². The minimum absolute atomic E-state index is 0.129. The van der Waals surface area contributed by atoms with E-state index in [9.17, 15) is 22.8 Å². The zero-order chi connectivity index (χ0) is 28.0. The number of urea groups is 1. The third-order valence-electron chi connectivity index (χ3n) is 6.36. The van der Waals surface area contributed by atoms with E-state index in [4.69, 9.17) is 0 Å². The van der Waals surface area contributed by atoms with Crippen molar-refractivity contribution >= 4 is 44.2 Å². The number of carbonyl (C=O) groups is 3. The van der Waals surface area contributed by atoms with Gasteiger partial charge in [0, 0.05) is 50.7 Å². The number of amides is 4. The Bertz CT molecular complexity index is 1270. The molecule has 0 saturated heterocycles. The third kappa shape index (κ3) is 6.60. The summed E-state index contributed by atoms with van der Waals surface area (Å²) in [5.41, 5.74) is 1.41. The Hall–Kier alpha value is -2.80. The molecule has 0 bridgehead atoms. The van der Waals surface area contributed by atoms with E-state index in [-0.39, 0.29) is 10.5 Å². The number of carbonyl (C=O) groups excluding carboxylic acids is 3. The summed E-state index contributed by atoms with van der Waals surface area (Å²) in [6.07, 6.45) is 2.04. The number of thiophene rings is 1. The van der Waals surface area contributed by atoms with Crippen LogP contribution in [0.25, 0.3) is 0 Å². The lowest BCUT2D eigenvalue weighted by Gasteiger charge is -2.25. The maximum atomic E-state index is 13.2. The molecule has 0 unspecified atom stereocenters. The Morgan fingerprint density at radius 1 is 1.00 bits per heavy atom. The van der Waals surface area contributed by atoms with Crippen LogP contribution in [0.2, 0.25) is 0 Å². The molecular formula is C26H37N5O5S2. The van der Waals surface area contributed by atoms with Gasteiger partial charge in [0.2, 0.25) is 10.0 Å². The van der Waals surface area contributed by atoms with Crippen LogP contribution >= 0.6 is 11.3 Å². The van der Waals surface area contributed by atoms with E-state index in [0.717, 1.165) is 23.5 Å². The van der Waals surface area contributed by atoms with Gasteiger partial charge in [-0.25, -0.2) is 13.2 Å². The lowest BCUT2D eigenvalue weighted by atomic mass is 10.0. The number of nitrogens with zero attached hydrogens (tertiary/aromatic N) is 3. The molecule has 0 aliphatic carbocycles. The quantitative estimate of drug-likeness (QED) is 0.456. The third-order valence-corrected chi connectivity index (χ3v) is 9.41. The second-order valence-corrected chi connectivity index (χ2v) is 12.4. The molecule has 208 valence electrons. The number of nitrogens with one attached hydrogen (secondary N) is 2.